The summed E-state index contributed by atoms with van der Waals surface area (Å²) in [6.07, 6.45) is 4.31. The van der Waals surface area contributed by atoms with Crippen LogP contribution in [0.5, 0.6) is 0 Å². The van der Waals surface area contributed by atoms with Crippen molar-refractivity contribution in [2.45, 2.75) is 31.8 Å². The lowest BCUT2D eigenvalue weighted by Crippen LogP contribution is -2.34. The number of piperidine rings is 1. The van der Waals surface area contributed by atoms with Crippen LogP contribution in [0.4, 0.5) is 0 Å². The summed E-state index contributed by atoms with van der Waals surface area (Å²) in [7, 11) is 0. The van der Waals surface area contributed by atoms with Gasteiger partial charge in [0.15, 0.2) is 0 Å². The molecule has 1 aromatic carbocycles. The highest BCUT2D eigenvalue weighted by atomic mass is 16.3. The molecule has 3 heterocycles. The average molecular weight is 325 g/mol. The lowest BCUT2D eigenvalue weighted by atomic mass is 9.95. The number of aromatic nitrogens is 2. The Morgan fingerprint density at radius 1 is 1.25 bits per heavy atom. The van der Waals surface area contributed by atoms with Gasteiger partial charge in [-0.15, -0.1) is 0 Å². The first-order chi connectivity index (χ1) is 11.8. The predicted molar refractivity (Wildman–Crippen MR) is 92.8 cm³/mol. The van der Waals surface area contributed by atoms with Gasteiger partial charge in [-0.25, -0.2) is 0 Å². The van der Waals surface area contributed by atoms with E-state index in [9.17, 15) is 0 Å². The SMILES string of the molecule is OCCn1ccc(C2CCCN(Cc3cc4ccccc4o3)C2)n1. The number of aliphatic hydroxyl groups is 1. The minimum Gasteiger partial charge on any atom is -0.460 e. The van der Waals surface area contributed by atoms with Gasteiger partial charge >= 0.3 is 0 Å². The number of para-hydroxylation sites is 1. The Hall–Kier alpha value is -2.11. The Bertz CT molecular complexity index is 775. The molecule has 2 aromatic heterocycles. The van der Waals surface area contributed by atoms with Crippen molar-refractivity contribution in [1.29, 1.82) is 0 Å². The minimum atomic E-state index is 0.129. The molecule has 5 nitrogen and oxygen atoms in total. The number of aliphatic hydroxyl groups excluding tert-OH is 1. The molecule has 0 bridgehead atoms. The van der Waals surface area contributed by atoms with Crippen LogP contribution in [0.25, 0.3) is 11.0 Å². The van der Waals surface area contributed by atoms with Crippen molar-refractivity contribution in [2.75, 3.05) is 19.7 Å². The zero-order chi connectivity index (χ0) is 16.4. The van der Waals surface area contributed by atoms with Gasteiger partial charge in [-0.3, -0.25) is 9.58 Å². The van der Waals surface area contributed by atoms with E-state index in [1.165, 1.54) is 18.2 Å². The van der Waals surface area contributed by atoms with Crippen LogP contribution in [0.15, 0.2) is 47.0 Å². The maximum absolute atomic E-state index is 9.03. The van der Waals surface area contributed by atoms with E-state index in [1.54, 1.807) is 0 Å². The van der Waals surface area contributed by atoms with Gasteiger partial charge in [-0.05, 0) is 37.6 Å². The summed E-state index contributed by atoms with van der Waals surface area (Å²) < 4.78 is 7.79. The van der Waals surface area contributed by atoms with Crippen molar-refractivity contribution < 1.29 is 9.52 Å². The lowest BCUT2D eigenvalue weighted by molar-refractivity contribution is 0.186. The van der Waals surface area contributed by atoms with E-state index < -0.39 is 0 Å². The van der Waals surface area contributed by atoms with Gasteiger partial charge in [-0.1, -0.05) is 18.2 Å². The monoisotopic (exact) mass is 325 g/mol. The van der Waals surface area contributed by atoms with Gasteiger partial charge in [0.05, 0.1) is 25.4 Å². The predicted octanol–water partition coefficient (Wildman–Crippen LogP) is 3.00. The van der Waals surface area contributed by atoms with Crippen molar-refractivity contribution in [3.63, 3.8) is 0 Å². The van der Waals surface area contributed by atoms with E-state index in [2.05, 4.69) is 28.2 Å². The molecule has 1 aliphatic rings. The summed E-state index contributed by atoms with van der Waals surface area (Å²) in [5, 5.41) is 14.8. The van der Waals surface area contributed by atoms with Gasteiger partial charge in [0.25, 0.3) is 0 Å². The summed E-state index contributed by atoms with van der Waals surface area (Å²) in [6, 6.07) is 12.4. The summed E-state index contributed by atoms with van der Waals surface area (Å²) in [5.74, 6) is 1.49. The topological polar surface area (TPSA) is 54.4 Å². The summed E-state index contributed by atoms with van der Waals surface area (Å²) in [5.41, 5.74) is 2.10. The van der Waals surface area contributed by atoms with Gasteiger partial charge in [-0.2, -0.15) is 5.10 Å². The third-order valence-electron chi connectivity index (χ3n) is 4.77. The average Bonchev–Trinajstić information content (AvgIpc) is 3.21. The van der Waals surface area contributed by atoms with E-state index in [0.717, 1.165) is 36.7 Å². The maximum Gasteiger partial charge on any atom is 0.134 e. The number of benzene rings is 1. The molecule has 1 atom stereocenters. The Morgan fingerprint density at radius 3 is 3.04 bits per heavy atom. The fourth-order valence-electron chi connectivity index (χ4n) is 3.60. The van der Waals surface area contributed by atoms with Crippen LogP contribution >= 0.6 is 0 Å². The highest BCUT2D eigenvalue weighted by molar-refractivity contribution is 5.77. The quantitative estimate of drug-likeness (QED) is 0.783. The second kappa shape index (κ2) is 6.79. The van der Waals surface area contributed by atoms with E-state index in [0.29, 0.717) is 12.5 Å². The molecule has 1 unspecified atom stereocenters. The van der Waals surface area contributed by atoms with Crippen LogP contribution < -0.4 is 0 Å². The van der Waals surface area contributed by atoms with Crippen molar-refractivity contribution in [1.82, 2.24) is 14.7 Å². The fourth-order valence-corrected chi connectivity index (χ4v) is 3.60. The normalized spacial score (nSPS) is 19.1. The molecule has 5 heteroatoms. The number of nitrogens with zero attached hydrogens (tertiary/aromatic N) is 3. The molecule has 1 fully saturated rings. The summed E-state index contributed by atoms with van der Waals surface area (Å²) in [6.45, 7) is 3.65. The number of hydrogen-bond acceptors (Lipinski definition) is 4. The van der Waals surface area contributed by atoms with Gasteiger partial charge < -0.3 is 9.52 Å². The first-order valence-electron chi connectivity index (χ1n) is 8.66. The molecule has 0 radical (unpaired) electrons. The van der Waals surface area contributed by atoms with E-state index in [-0.39, 0.29) is 6.61 Å². The third kappa shape index (κ3) is 3.23. The van der Waals surface area contributed by atoms with E-state index in [1.807, 2.05) is 29.1 Å². The highest BCUT2D eigenvalue weighted by Gasteiger charge is 2.24. The molecule has 0 saturated carbocycles. The van der Waals surface area contributed by atoms with Gasteiger partial charge in [0.1, 0.15) is 11.3 Å². The number of hydrogen-bond donors (Lipinski definition) is 1. The molecule has 0 aliphatic carbocycles. The number of fused-ring (bicyclic) bond motifs is 1. The third-order valence-corrected chi connectivity index (χ3v) is 4.77. The first-order valence-corrected chi connectivity index (χ1v) is 8.66. The van der Waals surface area contributed by atoms with Gasteiger partial charge in [0, 0.05) is 24.0 Å². The van der Waals surface area contributed by atoms with Crippen LogP contribution in [-0.2, 0) is 13.1 Å². The molecule has 0 spiro atoms. The smallest absolute Gasteiger partial charge is 0.134 e. The van der Waals surface area contributed by atoms with E-state index in [4.69, 9.17) is 9.52 Å². The highest BCUT2D eigenvalue weighted by Crippen LogP contribution is 2.28. The zero-order valence-corrected chi connectivity index (χ0v) is 13.8. The van der Waals surface area contributed by atoms with Crippen molar-refractivity contribution >= 4 is 11.0 Å². The van der Waals surface area contributed by atoms with Crippen LogP contribution in [0.2, 0.25) is 0 Å². The van der Waals surface area contributed by atoms with E-state index >= 15 is 0 Å². The lowest BCUT2D eigenvalue weighted by Gasteiger charge is -2.31. The number of likely N-dealkylation sites (tertiary alicyclic amines) is 1. The fraction of sp³-hybridized carbons (Fsp3) is 0.421. The van der Waals surface area contributed by atoms with Crippen LogP contribution in [0, 0.1) is 0 Å². The van der Waals surface area contributed by atoms with Crippen molar-refractivity contribution in [2.24, 2.45) is 0 Å². The van der Waals surface area contributed by atoms with Gasteiger partial charge in [0.2, 0.25) is 0 Å². The second-order valence-corrected chi connectivity index (χ2v) is 6.55. The molecule has 3 aromatic rings. The molecular formula is C19H23N3O2. The van der Waals surface area contributed by atoms with Crippen LogP contribution in [0.1, 0.15) is 30.2 Å². The number of rotatable bonds is 5. The second-order valence-electron chi connectivity index (χ2n) is 6.55. The standard InChI is InChI=1S/C19H23N3O2/c23-11-10-22-9-7-18(20-22)16-5-3-8-21(13-16)14-17-12-15-4-1-2-6-19(15)24-17/h1-2,4,6-7,9,12,16,23H,3,5,8,10-11,13-14H2. The van der Waals surface area contributed by atoms with Crippen LogP contribution in [-0.4, -0.2) is 39.5 Å². The maximum atomic E-state index is 9.03. The Labute approximate surface area is 141 Å². The zero-order valence-electron chi connectivity index (χ0n) is 13.8. The Morgan fingerprint density at radius 2 is 2.17 bits per heavy atom. The molecule has 1 N–H and O–H groups in total. The summed E-state index contributed by atoms with van der Waals surface area (Å²) in [4.78, 5) is 2.46. The first kappa shape index (κ1) is 15.4. The summed E-state index contributed by atoms with van der Waals surface area (Å²) >= 11 is 0. The molecule has 1 aliphatic heterocycles. The molecule has 1 saturated heterocycles. The number of furan rings is 1. The molecule has 24 heavy (non-hydrogen) atoms. The largest absolute Gasteiger partial charge is 0.460 e. The Balaban J connectivity index is 1.44. The minimum absolute atomic E-state index is 0.129. The Kier molecular flexibility index (Phi) is 4.36. The van der Waals surface area contributed by atoms with Crippen molar-refractivity contribution in [3.8, 4) is 0 Å². The molecular weight excluding hydrogens is 302 g/mol. The molecule has 0 amide bonds. The van der Waals surface area contributed by atoms with Crippen molar-refractivity contribution in [3.05, 3.63) is 54.0 Å². The molecule has 126 valence electrons. The molecule has 4 rings (SSSR count). The van der Waals surface area contributed by atoms with Crippen LogP contribution in [0.3, 0.4) is 0 Å².